The van der Waals surface area contributed by atoms with Gasteiger partial charge in [-0.1, -0.05) is 27.1 Å². The summed E-state index contributed by atoms with van der Waals surface area (Å²) >= 11 is 4.40. The van der Waals surface area contributed by atoms with Crippen LogP contribution >= 0.6 is 41.5 Å². The molecule has 2 aromatic rings. The van der Waals surface area contributed by atoms with E-state index in [0.717, 1.165) is 0 Å². The van der Waals surface area contributed by atoms with Gasteiger partial charge in [0.25, 0.3) is 0 Å². The molecular weight excluding hydrogens is 359 g/mol. The number of hydrogen-bond donors (Lipinski definition) is 0. The van der Waals surface area contributed by atoms with Crippen LogP contribution in [-0.2, 0) is 4.75 Å². The number of halogens is 1. The third kappa shape index (κ3) is 1.48. The second kappa shape index (κ2) is 4.00. The fourth-order valence-corrected chi connectivity index (χ4v) is 6.71. The van der Waals surface area contributed by atoms with Gasteiger partial charge in [0.2, 0.25) is 0 Å². The zero-order chi connectivity index (χ0) is 12.2. The normalized spacial score (nSPS) is 23.5. The molecule has 0 amide bonds. The zero-order valence-corrected chi connectivity index (χ0v) is 13.8. The summed E-state index contributed by atoms with van der Waals surface area (Å²) in [5.41, 5.74) is 4.49. The van der Waals surface area contributed by atoms with Crippen molar-refractivity contribution in [3.8, 4) is 0 Å². The van der Waals surface area contributed by atoms with Gasteiger partial charge in [-0.25, -0.2) is 0 Å². The highest BCUT2D eigenvalue weighted by Gasteiger charge is 2.40. The third-order valence-corrected chi connectivity index (χ3v) is 8.82. The Morgan fingerprint density at radius 2 is 1.94 bits per heavy atom. The maximum absolute atomic E-state index is 2.44. The molecule has 88 valence electrons. The molecule has 3 rings (SSSR count). The molecule has 0 bridgehead atoms. The molecule has 0 radical (unpaired) electrons. The summed E-state index contributed by atoms with van der Waals surface area (Å²) in [6.45, 7) is 6.90. The number of thiophene rings is 1. The molecule has 0 N–H and O–H groups in total. The van der Waals surface area contributed by atoms with Gasteiger partial charge in [0.05, 0.1) is 4.75 Å². The highest BCUT2D eigenvalue weighted by molar-refractivity contribution is 14.2. The van der Waals surface area contributed by atoms with Crippen molar-refractivity contribution in [2.24, 2.45) is 0 Å². The van der Waals surface area contributed by atoms with Crippen LogP contribution in [0.25, 0.3) is 15.7 Å². The number of allylic oxidation sites excluding steroid dienone is 1. The van der Waals surface area contributed by atoms with Gasteiger partial charge in [-0.15, -0.1) is 11.3 Å². The first-order valence-corrected chi connectivity index (χ1v) is 9.77. The summed E-state index contributed by atoms with van der Waals surface area (Å²) in [6.07, 6.45) is 0. The van der Waals surface area contributed by atoms with Crippen LogP contribution in [0.3, 0.4) is 0 Å². The van der Waals surface area contributed by atoms with Gasteiger partial charge < -0.3 is 0 Å². The number of benzene rings is 1. The Morgan fingerprint density at radius 3 is 2.65 bits per heavy atom. The first-order valence-electron chi connectivity index (χ1n) is 5.59. The van der Waals surface area contributed by atoms with Gasteiger partial charge in [-0.3, -0.25) is 0 Å². The molecule has 1 aliphatic rings. The lowest BCUT2D eigenvalue weighted by atomic mass is 10.0. The summed E-state index contributed by atoms with van der Waals surface area (Å²) in [6, 6.07) is 8.77. The molecule has 1 aliphatic carbocycles. The second-order valence-corrected chi connectivity index (χ2v) is 8.01. The highest BCUT2D eigenvalue weighted by Crippen LogP contribution is 2.59. The van der Waals surface area contributed by atoms with E-state index in [1.165, 1.54) is 31.7 Å². The average Bonchev–Trinajstić information content (AvgIpc) is 2.82. The summed E-state index contributed by atoms with van der Waals surface area (Å²) in [5.74, 6) is 0. The third-order valence-electron chi connectivity index (χ3n) is 3.84. The Labute approximate surface area is 122 Å². The molecule has 1 aromatic carbocycles. The molecule has 1 atom stereocenters. The molecule has 0 nitrogen and oxygen atoms in total. The van der Waals surface area contributed by atoms with Crippen molar-refractivity contribution in [2.45, 2.75) is 25.5 Å². The van der Waals surface area contributed by atoms with Gasteiger partial charge in [0, 0.05) is 20.5 Å². The van der Waals surface area contributed by atoms with Crippen LogP contribution in [0.5, 0.6) is 0 Å². The lowest BCUT2D eigenvalue weighted by molar-refractivity contribution is 0.865. The smallest absolute Gasteiger partial charge is 0.0791 e. The van der Waals surface area contributed by atoms with E-state index in [4.69, 9.17) is 0 Å². The van der Waals surface area contributed by atoms with Crippen LogP contribution in [0.2, 0.25) is 0 Å². The van der Waals surface area contributed by atoms with E-state index >= 15 is 0 Å². The van der Waals surface area contributed by atoms with Crippen LogP contribution < -0.4 is 0 Å². The van der Waals surface area contributed by atoms with Crippen molar-refractivity contribution in [3.05, 3.63) is 40.3 Å². The Bertz CT molecular complexity index is 639. The van der Waals surface area contributed by atoms with E-state index in [2.05, 4.69) is 66.2 Å². The Morgan fingerprint density at radius 1 is 1.24 bits per heavy atom. The minimum absolute atomic E-state index is 0.170. The first kappa shape index (κ1) is 12.1. The van der Waals surface area contributed by atoms with E-state index in [1.807, 2.05) is 20.3 Å². The topological polar surface area (TPSA) is 0 Å². The van der Waals surface area contributed by atoms with Gasteiger partial charge in [0.15, 0.2) is 0 Å². The Balaban J connectivity index is 2.43. The predicted molar refractivity (Wildman–Crippen MR) is 89.1 cm³/mol. The summed E-state index contributed by atoms with van der Waals surface area (Å²) in [4.78, 5) is 1.54. The molecule has 0 aliphatic heterocycles. The van der Waals surface area contributed by atoms with E-state index in [-0.39, 0.29) is 4.75 Å². The van der Waals surface area contributed by atoms with E-state index in [1.54, 1.807) is 0 Å². The maximum Gasteiger partial charge on any atom is 0.0791 e. The molecule has 0 fully saturated rings. The second-order valence-electron chi connectivity index (χ2n) is 4.66. The van der Waals surface area contributed by atoms with Gasteiger partial charge in [-0.05, 0) is 59.2 Å². The molecular formula is C14H13IS2. The quantitative estimate of drug-likeness (QED) is 0.553. The van der Waals surface area contributed by atoms with Crippen molar-refractivity contribution >= 4 is 57.1 Å². The molecule has 1 aromatic heterocycles. The monoisotopic (exact) mass is 372 g/mol. The molecule has 0 spiro atoms. The molecule has 0 saturated heterocycles. The highest BCUT2D eigenvalue weighted by atomic mass is 127. The maximum atomic E-state index is 2.44. The zero-order valence-electron chi connectivity index (χ0n) is 10.0. The fourth-order valence-electron chi connectivity index (χ4n) is 2.56. The summed E-state index contributed by atoms with van der Waals surface area (Å²) in [5, 5.41) is 1.43. The lowest BCUT2D eigenvalue weighted by Crippen LogP contribution is -2.12. The first-order chi connectivity index (χ1) is 8.09. The van der Waals surface area contributed by atoms with Crippen LogP contribution in [0.1, 0.15) is 31.2 Å². The minimum atomic E-state index is 0.170. The van der Waals surface area contributed by atoms with Crippen molar-refractivity contribution in [1.82, 2.24) is 0 Å². The fraction of sp³-hybridized carbons (Fsp3) is 0.286. The van der Waals surface area contributed by atoms with Gasteiger partial charge >= 0.3 is 0 Å². The van der Waals surface area contributed by atoms with E-state index < -0.39 is 0 Å². The Kier molecular flexibility index (Phi) is 2.84. The lowest BCUT2D eigenvalue weighted by Gasteiger charge is -2.22. The SMILES string of the molecule is CC1=C(C)C(C)(SI)c2sc3ccccc3c21. The number of hydrogen-bond acceptors (Lipinski definition) is 2. The van der Waals surface area contributed by atoms with Gasteiger partial charge in [-0.2, -0.15) is 0 Å². The van der Waals surface area contributed by atoms with Crippen molar-refractivity contribution in [3.63, 3.8) is 0 Å². The van der Waals surface area contributed by atoms with E-state index in [9.17, 15) is 0 Å². The largest absolute Gasteiger partial charge is 0.138 e. The Hall–Kier alpha value is -0.000000000000000111. The molecule has 3 heteroatoms. The average molecular weight is 372 g/mol. The van der Waals surface area contributed by atoms with Crippen molar-refractivity contribution < 1.29 is 0 Å². The summed E-state index contributed by atoms with van der Waals surface area (Å²) in [7, 11) is 1.93. The number of fused-ring (bicyclic) bond motifs is 3. The van der Waals surface area contributed by atoms with Crippen LogP contribution in [0.15, 0.2) is 29.8 Å². The molecule has 1 unspecified atom stereocenters. The minimum Gasteiger partial charge on any atom is -0.138 e. The van der Waals surface area contributed by atoms with Crippen LogP contribution in [0.4, 0.5) is 0 Å². The molecule has 17 heavy (non-hydrogen) atoms. The van der Waals surface area contributed by atoms with Crippen molar-refractivity contribution in [2.75, 3.05) is 0 Å². The van der Waals surface area contributed by atoms with Crippen molar-refractivity contribution in [1.29, 1.82) is 0 Å². The van der Waals surface area contributed by atoms with Crippen LogP contribution in [0, 0.1) is 0 Å². The van der Waals surface area contributed by atoms with Crippen LogP contribution in [-0.4, -0.2) is 0 Å². The number of rotatable bonds is 1. The molecule has 1 heterocycles. The standard InChI is InChI=1S/C14H13IS2/c1-8-9(2)14(3,17-15)13-12(8)10-6-4-5-7-11(10)16-13/h4-7H,1-3H3. The predicted octanol–water partition coefficient (Wildman–Crippen LogP) is 6.01. The molecule has 0 saturated carbocycles. The van der Waals surface area contributed by atoms with Gasteiger partial charge in [0.1, 0.15) is 0 Å². The summed E-state index contributed by atoms with van der Waals surface area (Å²) < 4.78 is 1.59. The van der Waals surface area contributed by atoms with E-state index in [0.29, 0.717) is 0 Å².